The van der Waals surface area contributed by atoms with Gasteiger partial charge in [-0.25, -0.2) is 4.79 Å². The largest absolute Gasteiger partial charge is 0.444 e. The van der Waals surface area contributed by atoms with Crippen molar-refractivity contribution in [3.8, 4) is 0 Å². The van der Waals surface area contributed by atoms with Crippen molar-refractivity contribution < 1.29 is 9.53 Å². The average Bonchev–Trinajstić information content (AvgIpc) is 2.83. The number of carbonyl (C=O) groups is 1. The van der Waals surface area contributed by atoms with Crippen molar-refractivity contribution in [3.05, 3.63) is 48.3 Å². The van der Waals surface area contributed by atoms with Crippen molar-refractivity contribution in [2.45, 2.75) is 57.7 Å². The smallest absolute Gasteiger partial charge is 0.411 e. The molecule has 2 unspecified atom stereocenters. The quantitative estimate of drug-likeness (QED) is 0.752. The van der Waals surface area contributed by atoms with E-state index in [1.54, 1.807) is 0 Å². The van der Waals surface area contributed by atoms with Crippen molar-refractivity contribution in [2.75, 3.05) is 0 Å². The molecule has 0 aliphatic carbocycles. The molecule has 25 heavy (non-hydrogen) atoms. The molecule has 4 rings (SSSR count). The van der Waals surface area contributed by atoms with Gasteiger partial charge < -0.3 is 4.74 Å². The van der Waals surface area contributed by atoms with Crippen molar-refractivity contribution in [2.24, 2.45) is 0 Å². The number of pyridine rings is 1. The van der Waals surface area contributed by atoms with E-state index in [0.29, 0.717) is 0 Å². The maximum absolute atomic E-state index is 12.6. The Morgan fingerprint density at radius 3 is 2.76 bits per heavy atom. The second-order valence-corrected chi connectivity index (χ2v) is 7.99. The molecule has 1 aromatic heterocycles. The summed E-state index contributed by atoms with van der Waals surface area (Å²) >= 11 is 0. The molecule has 0 spiro atoms. The van der Waals surface area contributed by atoms with Gasteiger partial charge in [-0.1, -0.05) is 30.3 Å². The summed E-state index contributed by atoms with van der Waals surface area (Å²) in [5.74, 6) is 0. The molecular formula is C21H24N2O2. The van der Waals surface area contributed by atoms with E-state index < -0.39 is 5.60 Å². The Kier molecular flexibility index (Phi) is 3.78. The fraction of sp³-hybridized carbons (Fsp3) is 0.429. The van der Waals surface area contributed by atoms with Gasteiger partial charge in [0.15, 0.2) is 0 Å². The summed E-state index contributed by atoms with van der Waals surface area (Å²) in [5.41, 5.74) is 2.04. The van der Waals surface area contributed by atoms with Gasteiger partial charge in [0.2, 0.25) is 0 Å². The molecule has 2 aliphatic heterocycles. The Balaban J connectivity index is 1.66. The maximum atomic E-state index is 12.6. The molecule has 0 saturated carbocycles. The molecule has 1 fully saturated rings. The lowest BCUT2D eigenvalue weighted by Crippen LogP contribution is -2.45. The van der Waals surface area contributed by atoms with Crippen molar-refractivity contribution in [3.63, 3.8) is 0 Å². The van der Waals surface area contributed by atoms with Crippen LogP contribution in [0.25, 0.3) is 16.3 Å². The predicted octanol–water partition coefficient (Wildman–Crippen LogP) is 4.79. The van der Waals surface area contributed by atoms with Crippen LogP contribution in [-0.2, 0) is 4.74 Å². The summed E-state index contributed by atoms with van der Waals surface area (Å²) in [6.45, 7) is 5.75. The van der Waals surface area contributed by atoms with Crippen LogP contribution in [0.3, 0.4) is 0 Å². The summed E-state index contributed by atoms with van der Waals surface area (Å²) < 4.78 is 5.61. The van der Waals surface area contributed by atoms with Crippen LogP contribution in [0.15, 0.2) is 42.7 Å². The first-order chi connectivity index (χ1) is 11.9. The molecule has 2 atom stereocenters. The second kappa shape index (κ2) is 5.87. The van der Waals surface area contributed by atoms with Gasteiger partial charge >= 0.3 is 6.09 Å². The molecule has 2 aromatic rings. The highest BCUT2D eigenvalue weighted by Crippen LogP contribution is 2.40. The first-order valence-corrected chi connectivity index (χ1v) is 8.97. The van der Waals surface area contributed by atoms with Gasteiger partial charge in [0.1, 0.15) is 5.60 Å². The number of benzene rings is 1. The minimum Gasteiger partial charge on any atom is -0.444 e. The molecule has 1 saturated heterocycles. The monoisotopic (exact) mass is 336 g/mol. The van der Waals surface area contributed by atoms with E-state index in [0.717, 1.165) is 24.6 Å². The molecule has 4 nitrogen and oxygen atoms in total. The molecule has 0 N–H and O–H groups in total. The summed E-state index contributed by atoms with van der Waals surface area (Å²) in [6, 6.07) is 8.70. The Morgan fingerprint density at radius 2 is 2.00 bits per heavy atom. The highest BCUT2D eigenvalue weighted by Gasteiger charge is 2.41. The lowest BCUT2D eigenvalue weighted by atomic mass is 9.93. The zero-order valence-corrected chi connectivity index (χ0v) is 15.0. The summed E-state index contributed by atoms with van der Waals surface area (Å²) in [4.78, 5) is 18.9. The molecule has 1 amide bonds. The van der Waals surface area contributed by atoms with Gasteiger partial charge in [-0.15, -0.1) is 0 Å². The van der Waals surface area contributed by atoms with Crippen LogP contribution in [0.1, 0.15) is 45.6 Å². The van der Waals surface area contributed by atoms with E-state index in [1.807, 2.05) is 44.1 Å². The minimum atomic E-state index is -0.458. The summed E-state index contributed by atoms with van der Waals surface area (Å²) in [7, 11) is 0. The molecule has 0 radical (unpaired) electrons. The highest BCUT2D eigenvalue weighted by atomic mass is 16.6. The van der Waals surface area contributed by atoms with Crippen LogP contribution in [0.2, 0.25) is 0 Å². The third-order valence-corrected chi connectivity index (χ3v) is 5.01. The molecule has 4 heteroatoms. The first-order valence-electron chi connectivity index (χ1n) is 8.97. The Morgan fingerprint density at radius 1 is 1.20 bits per heavy atom. The van der Waals surface area contributed by atoms with Gasteiger partial charge in [-0.3, -0.25) is 9.88 Å². The zero-order chi connectivity index (χ0) is 17.6. The van der Waals surface area contributed by atoms with E-state index in [4.69, 9.17) is 4.74 Å². The van der Waals surface area contributed by atoms with Crippen molar-refractivity contribution in [1.82, 2.24) is 9.88 Å². The SMILES string of the molecule is CC(C)(C)OC(=O)N1C2C=C(c3cncc4ccccc34)CC1CC2. The van der Waals surface area contributed by atoms with E-state index in [2.05, 4.69) is 29.3 Å². The highest BCUT2D eigenvalue weighted by molar-refractivity contribution is 5.93. The minimum absolute atomic E-state index is 0.127. The van der Waals surface area contributed by atoms with Gasteiger partial charge in [0.05, 0.1) is 6.04 Å². The van der Waals surface area contributed by atoms with Crippen molar-refractivity contribution in [1.29, 1.82) is 0 Å². The Labute approximate surface area is 148 Å². The predicted molar refractivity (Wildman–Crippen MR) is 99.2 cm³/mol. The lowest BCUT2D eigenvalue weighted by molar-refractivity contribution is 0.0175. The maximum Gasteiger partial charge on any atom is 0.411 e. The number of rotatable bonds is 1. The lowest BCUT2D eigenvalue weighted by Gasteiger charge is -2.35. The van der Waals surface area contributed by atoms with E-state index >= 15 is 0 Å². The fourth-order valence-corrected chi connectivity index (χ4v) is 4.00. The van der Waals surface area contributed by atoms with Crippen LogP contribution in [0, 0.1) is 0 Å². The number of ether oxygens (including phenoxy) is 1. The first kappa shape index (κ1) is 16.1. The molecule has 1 aromatic carbocycles. The molecule has 3 heterocycles. The number of nitrogens with zero attached hydrogens (tertiary/aromatic N) is 2. The van der Waals surface area contributed by atoms with Crippen LogP contribution in [-0.4, -0.2) is 33.7 Å². The topological polar surface area (TPSA) is 42.4 Å². The molecule has 130 valence electrons. The molecule has 2 aliphatic rings. The number of hydrogen-bond donors (Lipinski definition) is 0. The number of fused-ring (bicyclic) bond motifs is 3. The summed E-state index contributed by atoms with van der Waals surface area (Å²) in [5, 5.41) is 2.39. The standard InChI is InChI=1S/C21H24N2O2/c1-21(2,3)25-20(24)23-16-8-9-17(23)11-15(10-16)19-13-22-12-14-6-4-5-7-18(14)19/h4-7,10,12-13,16-17H,8-9,11H2,1-3H3. The van der Waals surface area contributed by atoms with E-state index in [-0.39, 0.29) is 18.2 Å². The van der Waals surface area contributed by atoms with E-state index in [9.17, 15) is 4.79 Å². The van der Waals surface area contributed by atoms with Crippen LogP contribution in [0.5, 0.6) is 0 Å². The second-order valence-electron chi connectivity index (χ2n) is 7.99. The van der Waals surface area contributed by atoms with Crippen molar-refractivity contribution >= 4 is 22.4 Å². The number of amides is 1. The number of carbonyl (C=O) groups excluding carboxylic acids is 1. The van der Waals surface area contributed by atoms with Crippen LogP contribution < -0.4 is 0 Å². The van der Waals surface area contributed by atoms with Crippen LogP contribution in [0.4, 0.5) is 4.79 Å². The fourth-order valence-electron chi connectivity index (χ4n) is 4.00. The van der Waals surface area contributed by atoms with Gasteiger partial charge in [0, 0.05) is 29.4 Å². The van der Waals surface area contributed by atoms with Gasteiger partial charge in [0.25, 0.3) is 0 Å². The zero-order valence-electron chi connectivity index (χ0n) is 15.0. The van der Waals surface area contributed by atoms with Gasteiger partial charge in [-0.2, -0.15) is 0 Å². The third kappa shape index (κ3) is 3.01. The summed E-state index contributed by atoms with van der Waals surface area (Å²) in [6.07, 6.45) is 8.82. The number of aromatic nitrogens is 1. The molecular weight excluding hydrogens is 312 g/mol. The Bertz CT molecular complexity index is 845. The normalized spacial score (nSPS) is 22.8. The molecule has 2 bridgehead atoms. The number of hydrogen-bond acceptors (Lipinski definition) is 3. The van der Waals surface area contributed by atoms with E-state index in [1.165, 1.54) is 16.5 Å². The van der Waals surface area contributed by atoms with Crippen LogP contribution >= 0.6 is 0 Å². The van der Waals surface area contributed by atoms with Gasteiger partial charge in [-0.05, 0) is 51.0 Å². The average molecular weight is 336 g/mol. The third-order valence-electron chi connectivity index (χ3n) is 5.01. The Hall–Kier alpha value is -2.36.